The highest BCUT2D eigenvalue weighted by Gasteiger charge is 2.42. The lowest BCUT2D eigenvalue weighted by molar-refractivity contribution is -0.385. The van der Waals surface area contributed by atoms with Gasteiger partial charge in [-0.25, -0.2) is 9.59 Å². The Balaban J connectivity index is 2.86. The number of para-hydroxylation sites is 1. The Kier molecular flexibility index (Phi) is 7.14. The van der Waals surface area contributed by atoms with Crippen LogP contribution in [0, 0.1) is 10.1 Å². The van der Waals surface area contributed by atoms with Crippen LogP contribution in [0.1, 0.15) is 46.1 Å². The summed E-state index contributed by atoms with van der Waals surface area (Å²) in [5.41, 5.74) is 1.68. The van der Waals surface area contributed by atoms with Crippen LogP contribution < -0.4 is 0 Å². The minimum atomic E-state index is -0.961. The molecule has 0 spiro atoms. The molecule has 0 saturated carbocycles. The van der Waals surface area contributed by atoms with Gasteiger partial charge in [0.15, 0.2) is 0 Å². The number of carbonyl (C=O) groups is 2. The molecule has 2 rings (SSSR count). The monoisotopic (exact) mass is 402 g/mol. The molecule has 156 valence electrons. The molecule has 29 heavy (non-hydrogen) atoms. The highest BCUT2D eigenvalue weighted by molar-refractivity contribution is 6.00. The molecule has 0 aliphatic carbocycles. The fourth-order valence-corrected chi connectivity index (χ4v) is 3.74. The molecular formula is C21H26N2O6. The molecule has 0 saturated heterocycles. The van der Waals surface area contributed by atoms with Crippen LogP contribution in [0.25, 0.3) is 0 Å². The first kappa shape index (κ1) is 22.1. The lowest BCUT2D eigenvalue weighted by Gasteiger charge is -2.37. The molecule has 8 heteroatoms. The highest BCUT2D eigenvalue weighted by Crippen LogP contribution is 2.45. The van der Waals surface area contributed by atoms with E-state index in [2.05, 4.69) is 0 Å². The number of esters is 2. The summed E-state index contributed by atoms with van der Waals surface area (Å²) in [7, 11) is 0. The number of allylic oxidation sites excluding steroid dienone is 2. The van der Waals surface area contributed by atoms with Crippen LogP contribution in [0.3, 0.4) is 0 Å². The maximum atomic E-state index is 12.9. The second kappa shape index (κ2) is 9.36. The fourth-order valence-electron chi connectivity index (χ4n) is 3.74. The zero-order valence-electron chi connectivity index (χ0n) is 17.4. The van der Waals surface area contributed by atoms with E-state index < -0.39 is 22.8 Å². The van der Waals surface area contributed by atoms with E-state index in [4.69, 9.17) is 9.47 Å². The number of carbonyl (C=O) groups excluding carboxylic acids is 2. The molecular weight excluding hydrogens is 376 g/mol. The maximum Gasteiger partial charge on any atom is 0.336 e. The third-order valence-electron chi connectivity index (χ3n) is 4.92. The minimum Gasteiger partial charge on any atom is -0.463 e. The number of nitro benzene ring substituents is 1. The van der Waals surface area contributed by atoms with E-state index in [0.717, 1.165) is 0 Å². The molecule has 0 radical (unpaired) electrons. The number of benzene rings is 1. The summed E-state index contributed by atoms with van der Waals surface area (Å²) in [5.74, 6) is -2.18. The molecule has 0 atom stereocenters. The lowest BCUT2D eigenvalue weighted by atomic mass is 9.79. The van der Waals surface area contributed by atoms with E-state index in [1.165, 1.54) is 6.07 Å². The second-order valence-electron chi connectivity index (χ2n) is 6.43. The summed E-state index contributed by atoms with van der Waals surface area (Å²) in [4.78, 5) is 38.8. The Morgan fingerprint density at radius 2 is 1.48 bits per heavy atom. The topological polar surface area (TPSA) is 99.0 Å². The number of nitrogens with zero attached hydrogens (tertiary/aromatic N) is 2. The largest absolute Gasteiger partial charge is 0.463 e. The second-order valence-corrected chi connectivity index (χ2v) is 6.43. The zero-order chi connectivity index (χ0) is 21.7. The van der Waals surface area contributed by atoms with Crippen molar-refractivity contribution in [2.75, 3.05) is 19.8 Å². The normalized spacial score (nSPS) is 14.9. The standard InChI is InChI=1S/C21H26N2O6/c1-6-22-13(4)17(20(24)28-7-2)19(18(14(22)5)21(25)29-8-3)15-11-9-10-12-16(15)23(26)27/h9-12,19H,6-8H2,1-5H3. The van der Waals surface area contributed by atoms with E-state index in [9.17, 15) is 19.7 Å². The van der Waals surface area contributed by atoms with Gasteiger partial charge in [0.1, 0.15) is 0 Å². The van der Waals surface area contributed by atoms with Gasteiger partial charge in [-0.2, -0.15) is 0 Å². The van der Waals surface area contributed by atoms with E-state index in [0.29, 0.717) is 17.9 Å². The van der Waals surface area contributed by atoms with Gasteiger partial charge in [0.25, 0.3) is 5.69 Å². The van der Waals surface area contributed by atoms with Crippen molar-refractivity contribution in [1.29, 1.82) is 0 Å². The van der Waals surface area contributed by atoms with Crippen molar-refractivity contribution in [3.8, 4) is 0 Å². The third kappa shape index (κ3) is 4.16. The van der Waals surface area contributed by atoms with Gasteiger partial charge < -0.3 is 14.4 Å². The van der Waals surface area contributed by atoms with Gasteiger partial charge in [-0.3, -0.25) is 10.1 Å². The van der Waals surface area contributed by atoms with Crippen LogP contribution in [0.15, 0.2) is 46.8 Å². The summed E-state index contributed by atoms with van der Waals surface area (Å²) in [5, 5.41) is 11.7. The molecule has 1 aromatic carbocycles. The van der Waals surface area contributed by atoms with Gasteiger partial charge in [-0.15, -0.1) is 0 Å². The quantitative estimate of drug-likeness (QED) is 0.390. The first-order valence-corrected chi connectivity index (χ1v) is 9.56. The van der Waals surface area contributed by atoms with Crippen molar-refractivity contribution in [3.63, 3.8) is 0 Å². The average molecular weight is 402 g/mol. The number of hydrogen-bond acceptors (Lipinski definition) is 7. The number of ether oxygens (including phenoxy) is 2. The van der Waals surface area contributed by atoms with Gasteiger partial charge in [0.05, 0.1) is 35.2 Å². The lowest BCUT2D eigenvalue weighted by Crippen LogP contribution is -2.35. The van der Waals surface area contributed by atoms with Crippen LogP contribution in [0.4, 0.5) is 5.69 Å². The van der Waals surface area contributed by atoms with Crippen molar-refractivity contribution >= 4 is 17.6 Å². The Morgan fingerprint density at radius 3 is 1.90 bits per heavy atom. The Hall–Kier alpha value is -3.16. The smallest absolute Gasteiger partial charge is 0.336 e. The molecule has 8 nitrogen and oxygen atoms in total. The van der Waals surface area contributed by atoms with Crippen LogP contribution in [-0.2, 0) is 19.1 Å². The maximum absolute atomic E-state index is 12.9. The molecule has 1 aliphatic heterocycles. The van der Waals surface area contributed by atoms with Gasteiger partial charge in [-0.1, -0.05) is 18.2 Å². The summed E-state index contributed by atoms with van der Waals surface area (Å²) in [6, 6.07) is 6.11. The molecule has 1 aliphatic rings. The summed E-state index contributed by atoms with van der Waals surface area (Å²) in [6.45, 7) is 9.55. The van der Waals surface area contributed by atoms with Gasteiger partial charge >= 0.3 is 11.9 Å². The van der Waals surface area contributed by atoms with E-state index in [1.807, 2.05) is 11.8 Å². The molecule has 1 aromatic rings. The van der Waals surface area contributed by atoms with Crippen LogP contribution in [0.5, 0.6) is 0 Å². The van der Waals surface area contributed by atoms with Crippen molar-refractivity contribution in [2.45, 2.75) is 40.5 Å². The molecule has 0 aromatic heterocycles. The minimum absolute atomic E-state index is 0.142. The Labute approximate surface area is 169 Å². The highest BCUT2D eigenvalue weighted by atomic mass is 16.6. The third-order valence-corrected chi connectivity index (χ3v) is 4.92. The molecule has 0 fully saturated rings. The summed E-state index contributed by atoms with van der Waals surface area (Å²) in [6.07, 6.45) is 0. The van der Waals surface area contributed by atoms with Crippen molar-refractivity contribution in [2.24, 2.45) is 0 Å². The van der Waals surface area contributed by atoms with Crippen LogP contribution in [-0.4, -0.2) is 41.5 Å². The van der Waals surface area contributed by atoms with E-state index >= 15 is 0 Å². The Morgan fingerprint density at radius 1 is 1.00 bits per heavy atom. The predicted octanol–water partition coefficient (Wildman–Crippen LogP) is 3.69. The molecule has 1 heterocycles. The van der Waals surface area contributed by atoms with Gasteiger partial charge in [0.2, 0.25) is 0 Å². The number of hydrogen-bond donors (Lipinski definition) is 0. The fraction of sp³-hybridized carbons (Fsp3) is 0.429. The average Bonchev–Trinajstić information content (AvgIpc) is 2.68. The van der Waals surface area contributed by atoms with Crippen LogP contribution in [0.2, 0.25) is 0 Å². The van der Waals surface area contributed by atoms with E-state index in [1.54, 1.807) is 45.9 Å². The molecule has 0 bridgehead atoms. The summed E-state index contributed by atoms with van der Waals surface area (Å²) < 4.78 is 10.5. The zero-order valence-corrected chi connectivity index (χ0v) is 17.4. The first-order chi connectivity index (χ1) is 13.8. The van der Waals surface area contributed by atoms with Crippen LogP contribution >= 0.6 is 0 Å². The predicted molar refractivity (Wildman–Crippen MR) is 107 cm³/mol. The van der Waals surface area contributed by atoms with Gasteiger partial charge in [-0.05, 0) is 34.6 Å². The molecule has 0 unspecified atom stereocenters. The number of rotatable bonds is 7. The van der Waals surface area contributed by atoms with Gasteiger partial charge in [0, 0.05) is 29.6 Å². The van der Waals surface area contributed by atoms with Crippen molar-refractivity contribution in [1.82, 2.24) is 4.90 Å². The SMILES string of the molecule is CCOC(=O)C1=C(C)N(CC)C(C)=C(C(=O)OCC)C1c1ccccc1[N+](=O)[O-]. The van der Waals surface area contributed by atoms with E-state index in [-0.39, 0.29) is 35.6 Å². The first-order valence-electron chi connectivity index (χ1n) is 9.56. The van der Waals surface area contributed by atoms with Crippen molar-refractivity contribution in [3.05, 3.63) is 62.5 Å². The molecule has 0 N–H and O–H groups in total. The number of nitro groups is 1. The Bertz CT molecular complexity index is 845. The molecule has 0 amide bonds. The summed E-state index contributed by atoms with van der Waals surface area (Å²) >= 11 is 0. The van der Waals surface area contributed by atoms with Crippen molar-refractivity contribution < 1.29 is 24.0 Å².